The molecule has 20 heavy (non-hydrogen) atoms. The van der Waals surface area contributed by atoms with Gasteiger partial charge < -0.3 is 9.47 Å². The summed E-state index contributed by atoms with van der Waals surface area (Å²) in [4.78, 5) is 24.0. The van der Waals surface area contributed by atoms with Crippen LogP contribution in [-0.4, -0.2) is 17.7 Å². The summed E-state index contributed by atoms with van der Waals surface area (Å²) >= 11 is 5.79. The third-order valence-electron chi connectivity index (χ3n) is 3.54. The van der Waals surface area contributed by atoms with Gasteiger partial charge in [0.1, 0.15) is 5.57 Å². The van der Waals surface area contributed by atoms with Crippen LogP contribution < -0.4 is 0 Å². The van der Waals surface area contributed by atoms with Crippen molar-refractivity contribution in [3.8, 4) is 0 Å². The van der Waals surface area contributed by atoms with Gasteiger partial charge in [0.25, 0.3) is 5.79 Å². The van der Waals surface area contributed by atoms with Gasteiger partial charge in [-0.1, -0.05) is 23.7 Å². The summed E-state index contributed by atoms with van der Waals surface area (Å²) in [5.74, 6) is -2.25. The predicted octanol–water partition coefficient (Wildman–Crippen LogP) is 3.09. The van der Waals surface area contributed by atoms with Crippen molar-refractivity contribution in [1.82, 2.24) is 0 Å². The van der Waals surface area contributed by atoms with Crippen molar-refractivity contribution in [1.29, 1.82) is 0 Å². The fourth-order valence-electron chi connectivity index (χ4n) is 2.51. The van der Waals surface area contributed by atoms with Crippen LogP contribution in [0.5, 0.6) is 0 Å². The Morgan fingerprint density at radius 1 is 1.00 bits per heavy atom. The van der Waals surface area contributed by atoms with E-state index in [1.54, 1.807) is 24.3 Å². The average molecular weight is 293 g/mol. The second-order valence-electron chi connectivity index (χ2n) is 5.01. The molecule has 2 aliphatic rings. The number of halogens is 1. The van der Waals surface area contributed by atoms with Gasteiger partial charge in [-0.15, -0.1) is 0 Å². The quantitative estimate of drug-likeness (QED) is 0.453. The Hall–Kier alpha value is -1.81. The van der Waals surface area contributed by atoms with E-state index in [0.717, 1.165) is 12.8 Å². The molecule has 1 aromatic rings. The highest BCUT2D eigenvalue weighted by Gasteiger charge is 2.47. The number of carbonyl (C=O) groups excluding carboxylic acids is 2. The van der Waals surface area contributed by atoms with Crippen LogP contribution in [0, 0.1) is 0 Å². The van der Waals surface area contributed by atoms with Crippen molar-refractivity contribution in [2.45, 2.75) is 31.5 Å². The van der Waals surface area contributed by atoms with E-state index in [1.807, 2.05) is 0 Å². The van der Waals surface area contributed by atoms with E-state index in [1.165, 1.54) is 6.08 Å². The summed E-state index contributed by atoms with van der Waals surface area (Å²) < 4.78 is 10.7. The minimum atomic E-state index is -1.02. The van der Waals surface area contributed by atoms with Gasteiger partial charge in [0.05, 0.1) is 0 Å². The van der Waals surface area contributed by atoms with Crippen LogP contribution in [0.15, 0.2) is 29.8 Å². The van der Waals surface area contributed by atoms with Crippen LogP contribution in [0.1, 0.15) is 31.2 Å². The van der Waals surface area contributed by atoms with Crippen LogP contribution in [-0.2, 0) is 19.1 Å². The molecule has 1 spiro atoms. The van der Waals surface area contributed by atoms with Crippen LogP contribution in [0.2, 0.25) is 5.02 Å². The number of hydrogen-bond donors (Lipinski definition) is 0. The number of ether oxygens (including phenoxy) is 2. The van der Waals surface area contributed by atoms with Gasteiger partial charge in [-0.05, 0) is 36.6 Å². The molecule has 1 saturated heterocycles. The van der Waals surface area contributed by atoms with Crippen molar-refractivity contribution < 1.29 is 19.1 Å². The van der Waals surface area contributed by atoms with Gasteiger partial charge in [-0.25, -0.2) is 9.59 Å². The summed E-state index contributed by atoms with van der Waals surface area (Å²) in [5, 5.41) is 0.589. The fourth-order valence-corrected chi connectivity index (χ4v) is 2.64. The Morgan fingerprint density at radius 3 is 2.10 bits per heavy atom. The highest BCUT2D eigenvalue weighted by Crippen LogP contribution is 2.38. The molecule has 0 bridgehead atoms. The molecule has 0 unspecified atom stereocenters. The summed E-state index contributed by atoms with van der Waals surface area (Å²) in [7, 11) is 0. The van der Waals surface area contributed by atoms with Crippen molar-refractivity contribution >= 4 is 29.6 Å². The van der Waals surface area contributed by atoms with Crippen molar-refractivity contribution in [3.05, 3.63) is 40.4 Å². The largest absolute Gasteiger partial charge is 0.419 e. The molecule has 0 amide bonds. The zero-order valence-corrected chi connectivity index (χ0v) is 11.5. The Bertz CT molecular complexity index is 560. The smallest absolute Gasteiger partial charge is 0.348 e. The summed E-state index contributed by atoms with van der Waals surface area (Å²) in [6, 6.07) is 6.81. The van der Waals surface area contributed by atoms with E-state index in [-0.39, 0.29) is 5.57 Å². The first-order valence-corrected chi connectivity index (χ1v) is 6.90. The van der Waals surface area contributed by atoms with Crippen LogP contribution >= 0.6 is 11.6 Å². The normalized spacial score (nSPS) is 20.8. The summed E-state index contributed by atoms with van der Waals surface area (Å²) in [6.45, 7) is 0. The fraction of sp³-hybridized carbons (Fsp3) is 0.333. The minimum absolute atomic E-state index is 0.0788. The molecular weight excluding hydrogens is 280 g/mol. The number of carbonyl (C=O) groups is 2. The maximum atomic E-state index is 12.0. The molecule has 1 aromatic carbocycles. The molecule has 104 valence electrons. The zero-order chi connectivity index (χ0) is 14.2. The summed E-state index contributed by atoms with van der Waals surface area (Å²) in [6.07, 6.45) is 4.42. The van der Waals surface area contributed by atoms with Crippen LogP contribution in [0.4, 0.5) is 0 Å². The average Bonchev–Trinajstić information content (AvgIpc) is 2.84. The molecule has 4 nitrogen and oxygen atoms in total. The van der Waals surface area contributed by atoms with Crippen molar-refractivity contribution in [3.63, 3.8) is 0 Å². The Balaban J connectivity index is 1.86. The highest BCUT2D eigenvalue weighted by atomic mass is 35.5. The number of hydrogen-bond acceptors (Lipinski definition) is 4. The van der Waals surface area contributed by atoms with E-state index >= 15 is 0 Å². The third-order valence-corrected chi connectivity index (χ3v) is 3.80. The SMILES string of the molecule is O=C1OC2(CCCC2)OC(=O)C1=Cc1ccc(Cl)cc1. The molecule has 1 saturated carbocycles. The second-order valence-corrected chi connectivity index (χ2v) is 5.44. The molecule has 0 atom stereocenters. The molecule has 0 aromatic heterocycles. The first-order valence-electron chi connectivity index (χ1n) is 6.52. The van der Waals surface area contributed by atoms with E-state index < -0.39 is 17.7 Å². The molecule has 1 aliphatic carbocycles. The molecular formula is C15H13ClO4. The number of benzene rings is 1. The Morgan fingerprint density at radius 2 is 1.55 bits per heavy atom. The standard InChI is InChI=1S/C15H13ClO4/c16-11-5-3-10(4-6-11)9-12-13(17)19-15(20-14(12)18)7-1-2-8-15/h3-6,9H,1-2,7-8H2. The maximum absolute atomic E-state index is 12.0. The lowest BCUT2D eigenvalue weighted by molar-refractivity contribution is -0.232. The van der Waals surface area contributed by atoms with Gasteiger partial charge >= 0.3 is 11.9 Å². The second kappa shape index (κ2) is 4.94. The molecule has 2 fully saturated rings. The van der Waals surface area contributed by atoms with Gasteiger partial charge in [0.15, 0.2) is 0 Å². The lowest BCUT2D eigenvalue weighted by Gasteiger charge is -2.32. The lowest BCUT2D eigenvalue weighted by atomic mass is 10.1. The van der Waals surface area contributed by atoms with Crippen molar-refractivity contribution in [2.24, 2.45) is 0 Å². The third kappa shape index (κ3) is 2.43. The van der Waals surface area contributed by atoms with Crippen molar-refractivity contribution in [2.75, 3.05) is 0 Å². The van der Waals surface area contributed by atoms with Crippen LogP contribution in [0.25, 0.3) is 6.08 Å². The summed E-state index contributed by atoms with van der Waals surface area (Å²) in [5.41, 5.74) is 0.616. The topological polar surface area (TPSA) is 52.6 Å². The van der Waals surface area contributed by atoms with E-state index in [4.69, 9.17) is 21.1 Å². The molecule has 3 rings (SSSR count). The number of esters is 2. The van der Waals surface area contributed by atoms with Crippen LogP contribution in [0.3, 0.4) is 0 Å². The van der Waals surface area contributed by atoms with Gasteiger partial charge in [0.2, 0.25) is 0 Å². The van der Waals surface area contributed by atoms with Gasteiger partial charge in [0, 0.05) is 17.9 Å². The Kier molecular flexibility index (Phi) is 3.26. The molecule has 1 heterocycles. The molecule has 5 heteroatoms. The maximum Gasteiger partial charge on any atom is 0.348 e. The predicted molar refractivity (Wildman–Crippen MR) is 72.8 cm³/mol. The molecule has 0 N–H and O–H groups in total. The van der Waals surface area contributed by atoms with E-state index in [9.17, 15) is 9.59 Å². The first kappa shape index (κ1) is 13.2. The van der Waals surface area contributed by atoms with Gasteiger partial charge in [-0.2, -0.15) is 0 Å². The van der Waals surface area contributed by atoms with E-state index in [0.29, 0.717) is 23.4 Å². The lowest BCUT2D eigenvalue weighted by Crippen LogP contribution is -2.44. The Labute approximate surface area is 121 Å². The van der Waals surface area contributed by atoms with E-state index in [2.05, 4.69) is 0 Å². The first-order chi connectivity index (χ1) is 9.58. The zero-order valence-electron chi connectivity index (χ0n) is 10.7. The monoisotopic (exact) mass is 292 g/mol. The molecule has 0 radical (unpaired) electrons. The minimum Gasteiger partial charge on any atom is -0.419 e. The van der Waals surface area contributed by atoms with Gasteiger partial charge in [-0.3, -0.25) is 0 Å². The number of rotatable bonds is 1. The highest BCUT2D eigenvalue weighted by molar-refractivity contribution is 6.30. The molecule has 1 aliphatic heterocycles.